The second-order valence-corrected chi connectivity index (χ2v) is 5.07. The molecule has 0 aromatic heterocycles. The van der Waals surface area contributed by atoms with Gasteiger partial charge in [0, 0.05) is 20.1 Å². The van der Waals surface area contributed by atoms with Crippen LogP contribution in [-0.2, 0) is 4.79 Å². The lowest BCUT2D eigenvalue weighted by Crippen LogP contribution is -2.42. The highest BCUT2D eigenvalue weighted by Crippen LogP contribution is 2.18. The second-order valence-electron chi connectivity index (χ2n) is 5.07. The molecule has 0 aromatic carbocycles. The molecule has 0 radical (unpaired) electrons. The van der Waals surface area contributed by atoms with Gasteiger partial charge in [0.05, 0.1) is 12.6 Å². The molecule has 5 heteroatoms. The molecule has 0 aliphatic carbocycles. The van der Waals surface area contributed by atoms with Gasteiger partial charge in [-0.05, 0) is 38.8 Å². The Balaban J connectivity index is 2.25. The smallest absolute Gasteiger partial charge is 0.236 e. The molecule has 1 unspecified atom stereocenters. The van der Waals surface area contributed by atoms with E-state index in [1.165, 1.54) is 0 Å². The van der Waals surface area contributed by atoms with Gasteiger partial charge < -0.3 is 20.6 Å². The maximum Gasteiger partial charge on any atom is 0.236 e. The van der Waals surface area contributed by atoms with Crippen LogP contribution in [0.25, 0.3) is 0 Å². The SMILES string of the molecule is CC(O)CN1CCC(CN(C)C(=O)CN)CC1. The first-order chi connectivity index (χ1) is 8.02. The van der Waals surface area contributed by atoms with Crippen molar-refractivity contribution in [1.82, 2.24) is 9.80 Å². The Morgan fingerprint density at radius 3 is 2.59 bits per heavy atom. The summed E-state index contributed by atoms with van der Waals surface area (Å²) in [4.78, 5) is 15.4. The molecule has 100 valence electrons. The molecule has 1 aliphatic rings. The Morgan fingerprint density at radius 2 is 2.12 bits per heavy atom. The summed E-state index contributed by atoms with van der Waals surface area (Å²) >= 11 is 0. The van der Waals surface area contributed by atoms with Gasteiger partial charge in [-0.2, -0.15) is 0 Å². The molecule has 0 saturated carbocycles. The molecule has 0 spiro atoms. The highest BCUT2D eigenvalue weighted by Gasteiger charge is 2.22. The van der Waals surface area contributed by atoms with Crippen molar-refractivity contribution < 1.29 is 9.90 Å². The maximum absolute atomic E-state index is 11.4. The molecule has 1 aliphatic heterocycles. The standard InChI is InChI=1S/C12H25N3O2/c1-10(16)8-15-5-3-11(4-6-15)9-14(2)12(17)7-13/h10-11,16H,3-9,13H2,1-2H3. The number of hydrogen-bond acceptors (Lipinski definition) is 4. The number of hydrogen-bond donors (Lipinski definition) is 2. The molecule has 1 amide bonds. The van der Waals surface area contributed by atoms with Gasteiger partial charge in [-0.1, -0.05) is 0 Å². The van der Waals surface area contributed by atoms with Gasteiger partial charge in [-0.15, -0.1) is 0 Å². The van der Waals surface area contributed by atoms with Crippen LogP contribution in [0.5, 0.6) is 0 Å². The highest BCUT2D eigenvalue weighted by atomic mass is 16.3. The Kier molecular flexibility index (Phi) is 5.88. The van der Waals surface area contributed by atoms with E-state index in [4.69, 9.17) is 5.73 Å². The summed E-state index contributed by atoms with van der Waals surface area (Å²) in [6.07, 6.45) is 1.93. The van der Waals surface area contributed by atoms with Crippen molar-refractivity contribution in [3.05, 3.63) is 0 Å². The van der Waals surface area contributed by atoms with E-state index in [9.17, 15) is 9.90 Å². The minimum atomic E-state index is -0.256. The summed E-state index contributed by atoms with van der Waals surface area (Å²) in [6, 6.07) is 0. The zero-order chi connectivity index (χ0) is 12.8. The normalized spacial score (nSPS) is 20.2. The zero-order valence-electron chi connectivity index (χ0n) is 10.9. The van der Waals surface area contributed by atoms with Gasteiger partial charge in [0.15, 0.2) is 0 Å². The van der Waals surface area contributed by atoms with Crippen LogP contribution in [0.15, 0.2) is 0 Å². The quantitative estimate of drug-likeness (QED) is 0.683. The van der Waals surface area contributed by atoms with Crippen LogP contribution in [0.3, 0.4) is 0 Å². The van der Waals surface area contributed by atoms with Gasteiger partial charge >= 0.3 is 0 Å². The van der Waals surface area contributed by atoms with E-state index in [-0.39, 0.29) is 18.6 Å². The number of rotatable bonds is 5. The molecule has 1 heterocycles. The Morgan fingerprint density at radius 1 is 1.53 bits per heavy atom. The number of carbonyl (C=O) groups excluding carboxylic acids is 1. The first-order valence-corrected chi connectivity index (χ1v) is 6.37. The fraction of sp³-hybridized carbons (Fsp3) is 0.917. The molecule has 0 aromatic rings. The maximum atomic E-state index is 11.4. The summed E-state index contributed by atoms with van der Waals surface area (Å²) in [6.45, 7) is 5.50. The number of amides is 1. The molecule has 1 saturated heterocycles. The lowest BCUT2D eigenvalue weighted by molar-refractivity contribution is -0.129. The lowest BCUT2D eigenvalue weighted by Gasteiger charge is -2.34. The highest BCUT2D eigenvalue weighted by molar-refractivity contribution is 5.77. The Hall–Kier alpha value is -0.650. The number of nitrogens with two attached hydrogens (primary N) is 1. The monoisotopic (exact) mass is 243 g/mol. The summed E-state index contributed by atoms with van der Waals surface area (Å²) in [5, 5.41) is 9.31. The lowest BCUT2D eigenvalue weighted by atomic mass is 9.96. The second kappa shape index (κ2) is 6.93. The van der Waals surface area contributed by atoms with Crippen molar-refractivity contribution in [3.63, 3.8) is 0 Å². The minimum absolute atomic E-state index is 0.0106. The van der Waals surface area contributed by atoms with Crippen molar-refractivity contribution in [2.75, 3.05) is 39.8 Å². The molecular weight excluding hydrogens is 218 g/mol. The van der Waals surface area contributed by atoms with Gasteiger partial charge in [-0.3, -0.25) is 4.79 Å². The summed E-state index contributed by atoms with van der Waals surface area (Å²) < 4.78 is 0. The van der Waals surface area contributed by atoms with Crippen LogP contribution >= 0.6 is 0 Å². The van der Waals surface area contributed by atoms with E-state index < -0.39 is 0 Å². The van der Waals surface area contributed by atoms with Gasteiger partial charge in [-0.25, -0.2) is 0 Å². The number of piperidine rings is 1. The van der Waals surface area contributed by atoms with Crippen LogP contribution in [0.1, 0.15) is 19.8 Å². The average molecular weight is 243 g/mol. The number of likely N-dealkylation sites (N-methyl/N-ethyl adjacent to an activating group) is 1. The molecule has 5 nitrogen and oxygen atoms in total. The average Bonchev–Trinajstić information content (AvgIpc) is 2.30. The number of likely N-dealkylation sites (tertiary alicyclic amines) is 1. The van der Waals surface area contributed by atoms with Crippen LogP contribution in [0.2, 0.25) is 0 Å². The molecule has 1 atom stereocenters. The van der Waals surface area contributed by atoms with E-state index in [1.54, 1.807) is 4.90 Å². The number of β-amino-alcohol motifs (C(OH)–C–C–N with tert-alkyl or cyclic N) is 1. The predicted molar refractivity (Wildman–Crippen MR) is 67.5 cm³/mol. The van der Waals surface area contributed by atoms with Gasteiger partial charge in [0.1, 0.15) is 0 Å². The molecule has 1 fully saturated rings. The first-order valence-electron chi connectivity index (χ1n) is 6.37. The Labute approximate surface area is 104 Å². The van der Waals surface area contributed by atoms with Gasteiger partial charge in [0.25, 0.3) is 0 Å². The topological polar surface area (TPSA) is 69.8 Å². The Bertz CT molecular complexity index is 238. The van der Waals surface area contributed by atoms with Crippen LogP contribution in [-0.4, -0.2) is 66.7 Å². The van der Waals surface area contributed by atoms with Gasteiger partial charge in [0.2, 0.25) is 5.91 Å². The summed E-state index contributed by atoms with van der Waals surface area (Å²) in [7, 11) is 1.82. The molecule has 1 rings (SSSR count). The minimum Gasteiger partial charge on any atom is -0.392 e. The number of aliphatic hydroxyl groups excluding tert-OH is 1. The zero-order valence-corrected chi connectivity index (χ0v) is 10.9. The summed E-state index contributed by atoms with van der Waals surface area (Å²) in [5.41, 5.74) is 5.33. The van der Waals surface area contributed by atoms with Crippen molar-refractivity contribution in [2.45, 2.75) is 25.9 Å². The fourth-order valence-electron chi connectivity index (χ4n) is 2.37. The molecular formula is C12H25N3O2. The molecule has 0 bridgehead atoms. The van der Waals surface area contributed by atoms with Crippen LogP contribution in [0, 0.1) is 5.92 Å². The summed E-state index contributed by atoms with van der Waals surface area (Å²) in [5.74, 6) is 0.581. The fourth-order valence-corrected chi connectivity index (χ4v) is 2.37. The molecule has 17 heavy (non-hydrogen) atoms. The number of nitrogens with zero attached hydrogens (tertiary/aromatic N) is 2. The largest absolute Gasteiger partial charge is 0.392 e. The van der Waals surface area contributed by atoms with Crippen molar-refractivity contribution in [1.29, 1.82) is 0 Å². The van der Waals surface area contributed by atoms with E-state index in [0.717, 1.165) is 39.0 Å². The van der Waals surface area contributed by atoms with Crippen LogP contribution < -0.4 is 5.73 Å². The third kappa shape index (κ3) is 5.02. The number of aliphatic hydroxyl groups is 1. The van der Waals surface area contributed by atoms with Crippen LogP contribution in [0.4, 0.5) is 0 Å². The predicted octanol–water partition coefficient (Wildman–Crippen LogP) is -0.504. The molecule has 3 N–H and O–H groups in total. The third-order valence-electron chi connectivity index (χ3n) is 3.36. The van der Waals surface area contributed by atoms with E-state index in [2.05, 4.69) is 4.90 Å². The number of carbonyl (C=O) groups is 1. The van der Waals surface area contributed by atoms with Crippen molar-refractivity contribution in [2.24, 2.45) is 11.7 Å². The van der Waals surface area contributed by atoms with Crippen molar-refractivity contribution >= 4 is 5.91 Å². The van der Waals surface area contributed by atoms with E-state index >= 15 is 0 Å². The van der Waals surface area contributed by atoms with Crippen molar-refractivity contribution in [3.8, 4) is 0 Å². The first kappa shape index (κ1) is 14.4. The van der Waals surface area contributed by atoms with E-state index in [0.29, 0.717) is 5.92 Å². The third-order valence-corrected chi connectivity index (χ3v) is 3.36. The van der Waals surface area contributed by atoms with E-state index in [1.807, 2.05) is 14.0 Å².